The summed E-state index contributed by atoms with van der Waals surface area (Å²) in [5.41, 5.74) is 22.1. The van der Waals surface area contributed by atoms with Crippen molar-refractivity contribution in [1.82, 2.24) is 24.8 Å². The van der Waals surface area contributed by atoms with Gasteiger partial charge in [-0.1, -0.05) is 59.7 Å². The van der Waals surface area contributed by atoms with Crippen molar-refractivity contribution >= 4 is 17.0 Å². The van der Waals surface area contributed by atoms with Gasteiger partial charge in [0.25, 0.3) is 0 Å². The van der Waals surface area contributed by atoms with Crippen LogP contribution in [-0.2, 0) is 17.3 Å². The van der Waals surface area contributed by atoms with E-state index in [1.54, 1.807) is 4.57 Å². The molecule has 2 atom stereocenters. The second-order valence-electron chi connectivity index (χ2n) is 14.2. The summed E-state index contributed by atoms with van der Waals surface area (Å²) in [5, 5.41) is 4.36. The van der Waals surface area contributed by atoms with E-state index in [4.69, 9.17) is 22.2 Å². The Morgan fingerprint density at radius 3 is 2.28 bits per heavy atom. The van der Waals surface area contributed by atoms with Crippen LogP contribution in [0.3, 0.4) is 0 Å². The number of fused-ring (bicyclic) bond motifs is 1. The molecule has 0 saturated carbocycles. The molecule has 0 bridgehead atoms. The average Bonchev–Trinajstić information content (AvgIpc) is 3.40. The van der Waals surface area contributed by atoms with E-state index >= 15 is 0 Å². The van der Waals surface area contributed by atoms with Crippen molar-refractivity contribution < 1.29 is 0 Å². The van der Waals surface area contributed by atoms with Crippen LogP contribution < -0.4 is 28.2 Å². The lowest BCUT2D eigenvalue weighted by Gasteiger charge is -2.18. The highest BCUT2D eigenvalue weighted by Crippen LogP contribution is 2.25. The van der Waals surface area contributed by atoms with Gasteiger partial charge in [-0.25, -0.2) is 4.79 Å². The van der Waals surface area contributed by atoms with Gasteiger partial charge in [0.05, 0.1) is 5.69 Å². The highest BCUT2D eigenvalue weighted by molar-refractivity contribution is 5.76. The first-order valence-electron chi connectivity index (χ1n) is 16.3. The Hall–Kier alpha value is -4.02. The van der Waals surface area contributed by atoms with E-state index in [2.05, 4.69) is 99.9 Å². The summed E-state index contributed by atoms with van der Waals surface area (Å²) >= 11 is 0. The highest BCUT2D eigenvalue weighted by atomic mass is 16.1. The predicted molar refractivity (Wildman–Crippen MR) is 192 cm³/mol. The van der Waals surface area contributed by atoms with E-state index in [0.29, 0.717) is 18.2 Å². The number of guanidine groups is 1. The van der Waals surface area contributed by atoms with Crippen LogP contribution in [0.15, 0.2) is 64.5 Å². The molecule has 4 aromatic rings. The number of nitrogens with one attached hydrogen (secondary N) is 2. The molecular weight excluding hydrogens is 574 g/mol. The molecular formula is C36H55N9O. The average molecular weight is 630 g/mol. The Bertz CT molecular complexity index is 1620. The number of aromatic amines is 1. The van der Waals surface area contributed by atoms with Crippen molar-refractivity contribution in [2.75, 3.05) is 13.1 Å². The zero-order valence-corrected chi connectivity index (χ0v) is 29.0. The molecule has 0 aliphatic rings. The Morgan fingerprint density at radius 2 is 1.67 bits per heavy atom. The lowest BCUT2D eigenvalue weighted by atomic mass is 9.91. The normalized spacial score (nSPS) is 13.2. The van der Waals surface area contributed by atoms with E-state index in [1.165, 1.54) is 11.4 Å². The van der Waals surface area contributed by atoms with E-state index in [9.17, 15) is 4.79 Å². The van der Waals surface area contributed by atoms with Gasteiger partial charge in [0, 0.05) is 58.1 Å². The summed E-state index contributed by atoms with van der Waals surface area (Å²) in [6, 6.07) is 16.8. The molecule has 0 spiro atoms. The summed E-state index contributed by atoms with van der Waals surface area (Å²) in [7, 11) is 0. The first-order valence-corrected chi connectivity index (χ1v) is 16.3. The Kier molecular flexibility index (Phi) is 12.7. The molecule has 0 unspecified atom stereocenters. The van der Waals surface area contributed by atoms with E-state index in [0.717, 1.165) is 54.6 Å². The highest BCUT2D eigenvalue weighted by Gasteiger charge is 2.18. The number of aromatic nitrogens is 4. The molecule has 0 aliphatic carbocycles. The number of aliphatic imine (C=N–C) groups is 1. The summed E-state index contributed by atoms with van der Waals surface area (Å²) in [6.07, 6.45) is 5.93. The van der Waals surface area contributed by atoms with E-state index in [1.807, 2.05) is 30.5 Å². The zero-order valence-electron chi connectivity index (χ0n) is 29.0. The standard InChI is InChI=1S/C22H31N7O.C14H24N2/c1-14(25-10-5-11-26-20(23)24)15-6-8-17(9-7-15)29-13-16-12-18(22(2,3)4)27-19(16)28-21(29)30;1-11(15)7-5-8-12-9-6-10-13(16-12)14(2,3)4/h6-9,12-14,25H,5,10-11H2,1-4H3,(H4,23,24,26)(H,27,28,30);6,9-11H,5,7-8,15H2,1-4H3/t14-;11-/m00/s1. The van der Waals surface area contributed by atoms with Crippen molar-refractivity contribution in [3.05, 3.63) is 87.9 Å². The third-order valence-corrected chi connectivity index (χ3v) is 7.73. The van der Waals surface area contributed by atoms with E-state index < -0.39 is 0 Å². The lowest BCUT2D eigenvalue weighted by molar-refractivity contribution is 0.561. The topological polar surface area (TPSA) is 166 Å². The molecule has 46 heavy (non-hydrogen) atoms. The molecule has 250 valence electrons. The van der Waals surface area contributed by atoms with Crippen LogP contribution >= 0.6 is 0 Å². The molecule has 10 heteroatoms. The van der Waals surface area contributed by atoms with Crippen LogP contribution in [0.25, 0.3) is 16.7 Å². The van der Waals surface area contributed by atoms with Gasteiger partial charge in [0.1, 0.15) is 5.65 Å². The Morgan fingerprint density at radius 1 is 0.978 bits per heavy atom. The molecule has 4 rings (SSSR count). The van der Waals surface area contributed by atoms with Crippen molar-refractivity contribution in [3.8, 4) is 5.69 Å². The number of aryl methyl sites for hydroxylation is 1. The summed E-state index contributed by atoms with van der Waals surface area (Å²) in [5.74, 6) is 0.121. The largest absolute Gasteiger partial charge is 0.370 e. The number of hydrogen-bond donors (Lipinski definition) is 5. The fraction of sp³-hybridized carbons (Fsp3) is 0.500. The molecule has 0 fully saturated rings. The van der Waals surface area contributed by atoms with Gasteiger partial charge in [-0.2, -0.15) is 4.98 Å². The van der Waals surface area contributed by atoms with Gasteiger partial charge in [-0.15, -0.1) is 0 Å². The van der Waals surface area contributed by atoms with Crippen LogP contribution in [0.2, 0.25) is 0 Å². The van der Waals surface area contributed by atoms with Crippen LogP contribution in [0.1, 0.15) is 103 Å². The number of benzene rings is 1. The third-order valence-electron chi connectivity index (χ3n) is 7.73. The minimum absolute atomic E-state index is 0.0390. The predicted octanol–water partition coefficient (Wildman–Crippen LogP) is 5.37. The van der Waals surface area contributed by atoms with Crippen molar-refractivity contribution in [1.29, 1.82) is 0 Å². The number of nitrogens with two attached hydrogens (primary N) is 3. The minimum Gasteiger partial charge on any atom is -0.370 e. The molecule has 0 aliphatic heterocycles. The molecule has 10 nitrogen and oxygen atoms in total. The van der Waals surface area contributed by atoms with Crippen LogP contribution in [0, 0.1) is 0 Å². The fourth-order valence-corrected chi connectivity index (χ4v) is 4.87. The fourth-order valence-electron chi connectivity index (χ4n) is 4.87. The maximum absolute atomic E-state index is 12.6. The molecule has 0 saturated heterocycles. The molecule has 0 amide bonds. The maximum atomic E-state index is 12.6. The smallest absolute Gasteiger partial charge is 0.354 e. The van der Waals surface area contributed by atoms with Gasteiger partial charge in [0.15, 0.2) is 5.96 Å². The van der Waals surface area contributed by atoms with Gasteiger partial charge >= 0.3 is 5.69 Å². The Labute approximate surface area is 274 Å². The minimum atomic E-state index is -0.302. The summed E-state index contributed by atoms with van der Waals surface area (Å²) in [4.78, 5) is 28.7. The first kappa shape index (κ1) is 36.4. The number of H-pyrrole nitrogens is 1. The van der Waals surface area contributed by atoms with Gasteiger partial charge in [-0.05, 0) is 82.0 Å². The second-order valence-corrected chi connectivity index (χ2v) is 14.2. The maximum Gasteiger partial charge on any atom is 0.354 e. The molecule has 0 radical (unpaired) electrons. The van der Waals surface area contributed by atoms with Gasteiger partial charge < -0.3 is 27.5 Å². The molecule has 3 aromatic heterocycles. The first-order chi connectivity index (χ1) is 21.5. The molecule has 8 N–H and O–H groups in total. The van der Waals surface area contributed by atoms with Crippen molar-refractivity contribution in [3.63, 3.8) is 0 Å². The number of nitrogens with zero attached hydrogens (tertiary/aromatic N) is 4. The SMILES string of the molecule is C[C@H](N)CCCc1cccc(C(C)(C)C)n1.C[C@H](NCCCN=C(N)N)c1ccc(-n2cc3cc(C(C)(C)C)[nH]c3nc2=O)cc1. The Balaban J connectivity index is 0.000000304. The van der Waals surface area contributed by atoms with Crippen LogP contribution in [0.5, 0.6) is 0 Å². The van der Waals surface area contributed by atoms with Crippen molar-refractivity contribution in [2.24, 2.45) is 22.2 Å². The number of rotatable bonds is 11. The zero-order chi connectivity index (χ0) is 34.1. The summed E-state index contributed by atoms with van der Waals surface area (Å²) < 4.78 is 1.58. The van der Waals surface area contributed by atoms with Gasteiger partial charge in [-0.3, -0.25) is 14.5 Å². The third kappa shape index (κ3) is 11.1. The second kappa shape index (κ2) is 16.0. The van der Waals surface area contributed by atoms with Crippen LogP contribution in [-0.4, -0.2) is 44.6 Å². The quantitative estimate of drug-likeness (QED) is 0.0844. The van der Waals surface area contributed by atoms with Crippen LogP contribution in [0.4, 0.5) is 0 Å². The number of pyridine rings is 1. The van der Waals surface area contributed by atoms with Gasteiger partial charge in [0.2, 0.25) is 0 Å². The summed E-state index contributed by atoms with van der Waals surface area (Å²) in [6.45, 7) is 18.5. The number of hydrogen-bond acceptors (Lipinski definition) is 6. The molecule has 3 heterocycles. The monoisotopic (exact) mass is 629 g/mol. The van der Waals surface area contributed by atoms with E-state index in [-0.39, 0.29) is 28.5 Å². The van der Waals surface area contributed by atoms with Crippen molar-refractivity contribution in [2.45, 2.75) is 104 Å². The molecule has 1 aromatic carbocycles. The lowest BCUT2D eigenvalue weighted by Crippen LogP contribution is -2.24.